The first-order chi connectivity index (χ1) is 13.7. The number of H-pyrrole nitrogens is 1. The van der Waals surface area contributed by atoms with Crippen molar-refractivity contribution in [2.24, 2.45) is 5.92 Å². The molecule has 0 radical (unpaired) electrons. The highest BCUT2D eigenvalue weighted by atomic mass is 16.2. The van der Waals surface area contributed by atoms with Crippen LogP contribution in [0.4, 0.5) is 0 Å². The molecule has 2 aromatic heterocycles. The van der Waals surface area contributed by atoms with E-state index in [-0.39, 0.29) is 18.0 Å². The van der Waals surface area contributed by atoms with E-state index in [1.165, 1.54) is 32.1 Å². The van der Waals surface area contributed by atoms with Crippen LogP contribution >= 0.6 is 0 Å². The number of hydrogen-bond acceptors (Lipinski definition) is 4. The Balaban J connectivity index is 1.34. The number of nitrogens with zero attached hydrogens (tertiary/aromatic N) is 2. The summed E-state index contributed by atoms with van der Waals surface area (Å²) in [4.78, 5) is 27.3. The summed E-state index contributed by atoms with van der Waals surface area (Å²) < 4.78 is 1.65. The Morgan fingerprint density at radius 2 is 1.93 bits per heavy atom. The van der Waals surface area contributed by atoms with Crippen LogP contribution in [0.2, 0.25) is 0 Å². The number of benzene rings is 1. The van der Waals surface area contributed by atoms with Gasteiger partial charge in [0.2, 0.25) is 5.91 Å². The van der Waals surface area contributed by atoms with Crippen molar-refractivity contribution < 1.29 is 4.79 Å². The van der Waals surface area contributed by atoms with Gasteiger partial charge in [-0.05, 0) is 31.4 Å². The van der Waals surface area contributed by atoms with Gasteiger partial charge in [-0.1, -0.05) is 37.5 Å². The minimum atomic E-state index is -0.142. The average Bonchev–Trinajstić information content (AvgIpc) is 3.11. The van der Waals surface area contributed by atoms with E-state index in [4.69, 9.17) is 0 Å². The fourth-order valence-electron chi connectivity index (χ4n) is 4.14. The highest BCUT2D eigenvalue weighted by Gasteiger charge is 2.14. The van der Waals surface area contributed by atoms with Gasteiger partial charge in [0.1, 0.15) is 6.54 Å². The second-order valence-corrected chi connectivity index (χ2v) is 7.62. The number of carbonyl (C=O) groups is 1. The van der Waals surface area contributed by atoms with E-state index in [9.17, 15) is 9.59 Å². The number of rotatable bonds is 7. The van der Waals surface area contributed by atoms with Crippen LogP contribution in [0.25, 0.3) is 21.8 Å². The van der Waals surface area contributed by atoms with Crippen molar-refractivity contribution in [1.82, 2.24) is 25.4 Å². The molecular formula is C21H27N5O2. The van der Waals surface area contributed by atoms with Crippen molar-refractivity contribution in [2.45, 2.75) is 38.6 Å². The standard InChI is InChI=1S/C21H27N5O2/c27-19(23-11-10-22-12-15-6-2-1-3-7-15)14-26-20-16-8-4-5-9-17(16)21(28)25-18(20)13-24-26/h4-5,8-9,13,15,22H,1-3,6-7,10-12,14H2,(H,23,27)(H,25,28). The number of nitrogens with one attached hydrogen (secondary N) is 3. The van der Waals surface area contributed by atoms with Crippen molar-refractivity contribution in [3.63, 3.8) is 0 Å². The van der Waals surface area contributed by atoms with E-state index in [1.54, 1.807) is 16.9 Å². The summed E-state index contributed by atoms with van der Waals surface area (Å²) >= 11 is 0. The van der Waals surface area contributed by atoms with Gasteiger partial charge < -0.3 is 15.6 Å². The molecule has 7 heteroatoms. The second-order valence-electron chi connectivity index (χ2n) is 7.62. The molecule has 0 aliphatic heterocycles. The molecule has 7 nitrogen and oxygen atoms in total. The molecule has 1 aliphatic rings. The zero-order valence-electron chi connectivity index (χ0n) is 16.0. The summed E-state index contributed by atoms with van der Waals surface area (Å²) in [7, 11) is 0. The molecule has 0 saturated heterocycles. The molecule has 0 atom stereocenters. The molecule has 1 saturated carbocycles. The maximum atomic E-state index is 12.4. The smallest absolute Gasteiger partial charge is 0.256 e. The summed E-state index contributed by atoms with van der Waals surface area (Å²) in [6.45, 7) is 2.54. The molecule has 0 spiro atoms. The van der Waals surface area contributed by atoms with Gasteiger partial charge in [0.05, 0.1) is 17.2 Å². The summed E-state index contributed by atoms with van der Waals surface area (Å²) in [6, 6.07) is 7.38. The van der Waals surface area contributed by atoms with Gasteiger partial charge in [0, 0.05) is 23.9 Å². The zero-order valence-corrected chi connectivity index (χ0v) is 16.0. The quantitative estimate of drug-likeness (QED) is 0.547. The number of hydrogen-bond donors (Lipinski definition) is 3. The van der Waals surface area contributed by atoms with E-state index in [0.29, 0.717) is 17.4 Å². The molecule has 1 amide bonds. The monoisotopic (exact) mass is 381 g/mol. The Kier molecular flexibility index (Phi) is 5.71. The van der Waals surface area contributed by atoms with Gasteiger partial charge in [0.25, 0.3) is 5.56 Å². The number of fused-ring (bicyclic) bond motifs is 3. The highest BCUT2D eigenvalue weighted by Crippen LogP contribution is 2.22. The average molecular weight is 381 g/mol. The Morgan fingerprint density at radius 3 is 2.75 bits per heavy atom. The minimum absolute atomic E-state index is 0.0836. The summed E-state index contributed by atoms with van der Waals surface area (Å²) in [6.07, 6.45) is 8.31. The molecule has 0 bridgehead atoms. The van der Waals surface area contributed by atoms with E-state index in [1.807, 2.05) is 18.2 Å². The van der Waals surface area contributed by atoms with Crippen molar-refractivity contribution in [2.75, 3.05) is 19.6 Å². The third-order valence-electron chi connectivity index (χ3n) is 5.59. The number of aromatic amines is 1. The molecule has 4 rings (SSSR count). The first kappa shape index (κ1) is 18.7. The number of amides is 1. The van der Waals surface area contributed by atoms with Crippen molar-refractivity contribution in [3.8, 4) is 0 Å². The van der Waals surface area contributed by atoms with Gasteiger partial charge in [-0.15, -0.1) is 0 Å². The first-order valence-electron chi connectivity index (χ1n) is 10.2. The molecule has 0 unspecified atom stereocenters. The van der Waals surface area contributed by atoms with E-state index in [2.05, 4.69) is 20.7 Å². The Labute approximate surface area is 163 Å². The van der Waals surface area contributed by atoms with Crippen LogP contribution < -0.4 is 16.2 Å². The minimum Gasteiger partial charge on any atom is -0.353 e. The van der Waals surface area contributed by atoms with Gasteiger partial charge in [-0.2, -0.15) is 5.10 Å². The van der Waals surface area contributed by atoms with Gasteiger partial charge in [0.15, 0.2) is 0 Å². The molecule has 1 aromatic carbocycles. The lowest BCUT2D eigenvalue weighted by atomic mass is 9.89. The summed E-state index contributed by atoms with van der Waals surface area (Å²) in [5.74, 6) is 0.704. The SMILES string of the molecule is O=C(Cn1ncc2[nH]c(=O)c3ccccc3c21)NCCNCC1CCCCC1. The third kappa shape index (κ3) is 4.09. The fourth-order valence-corrected chi connectivity index (χ4v) is 4.14. The van der Waals surface area contributed by atoms with Crippen molar-refractivity contribution >= 4 is 27.7 Å². The Hall–Kier alpha value is -2.67. The normalized spacial score (nSPS) is 15.3. The third-order valence-corrected chi connectivity index (χ3v) is 5.59. The summed E-state index contributed by atoms with van der Waals surface area (Å²) in [5, 5.41) is 12.1. The Morgan fingerprint density at radius 1 is 1.14 bits per heavy atom. The van der Waals surface area contributed by atoms with Crippen LogP contribution in [0, 0.1) is 5.92 Å². The molecule has 3 N–H and O–H groups in total. The molecule has 1 fully saturated rings. The Bertz CT molecular complexity index is 1020. The topological polar surface area (TPSA) is 91.8 Å². The van der Waals surface area contributed by atoms with Crippen LogP contribution in [0.15, 0.2) is 35.3 Å². The lowest BCUT2D eigenvalue weighted by Crippen LogP contribution is -2.35. The predicted octanol–water partition coefficient (Wildman–Crippen LogP) is 2.16. The number of carbonyl (C=O) groups excluding carboxylic acids is 1. The number of aromatic nitrogens is 3. The van der Waals surface area contributed by atoms with Crippen LogP contribution in [0.5, 0.6) is 0 Å². The van der Waals surface area contributed by atoms with Crippen molar-refractivity contribution in [1.29, 1.82) is 0 Å². The predicted molar refractivity (Wildman–Crippen MR) is 110 cm³/mol. The van der Waals surface area contributed by atoms with E-state index >= 15 is 0 Å². The maximum Gasteiger partial charge on any atom is 0.256 e. The van der Waals surface area contributed by atoms with Crippen LogP contribution in [-0.4, -0.2) is 40.3 Å². The summed E-state index contributed by atoms with van der Waals surface area (Å²) in [5.41, 5.74) is 1.28. The molecule has 3 aromatic rings. The second kappa shape index (κ2) is 8.56. The van der Waals surface area contributed by atoms with Crippen molar-refractivity contribution in [3.05, 3.63) is 40.8 Å². The van der Waals surface area contributed by atoms with Gasteiger partial charge >= 0.3 is 0 Å². The van der Waals surface area contributed by atoms with Crippen LogP contribution in [0.3, 0.4) is 0 Å². The van der Waals surface area contributed by atoms with E-state index < -0.39 is 0 Å². The van der Waals surface area contributed by atoms with Gasteiger partial charge in [-0.3, -0.25) is 14.3 Å². The lowest BCUT2D eigenvalue weighted by Gasteiger charge is -2.21. The molecule has 1 aliphatic carbocycles. The van der Waals surface area contributed by atoms with E-state index in [0.717, 1.165) is 29.9 Å². The van der Waals surface area contributed by atoms with Crippen LogP contribution in [-0.2, 0) is 11.3 Å². The van der Waals surface area contributed by atoms with Crippen LogP contribution in [0.1, 0.15) is 32.1 Å². The van der Waals surface area contributed by atoms with Gasteiger partial charge in [-0.25, -0.2) is 0 Å². The maximum absolute atomic E-state index is 12.4. The molecule has 148 valence electrons. The largest absolute Gasteiger partial charge is 0.353 e. The zero-order chi connectivity index (χ0) is 19.3. The highest BCUT2D eigenvalue weighted by molar-refractivity contribution is 6.03. The number of pyridine rings is 1. The fraction of sp³-hybridized carbons (Fsp3) is 0.476. The lowest BCUT2D eigenvalue weighted by molar-refractivity contribution is -0.121. The molecular weight excluding hydrogens is 354 g/mol. The molecule has 28 heavy (non-hydrogen) atoms. The molecule has 2 heterocycles. The first-order valence-corrected chi connectivity index (χ1v) is 10.2.